The van der Waals surface area contributed by atoms with Gasteiger partial charge >= 0.3 is 0 Å². The van der Waals surface area contributed by atoms with Gasteiger partial charge in [0.05, 0.1) is 6.04 Å². The van der Waals surface area contributed by atoms with Crippen molar-refractivity contribution in [2.45, 2.75) is 31.7 Å². The predicted octanol–water partition coefficient (Wildman–Crippen LogP) is -0.508. The van der Waals surface area contributed by atoms with Gasteiger partial charge in [-0.15, -0.1) is 0 Å². The summed E-state index contributed by atoms with van der Waals surface area (Å²) in [6, 6.07) is 0.0350. The second-order valence-corrected chi connectivity index (χ2v) is 2.70. The van der Waals surface area contributed by atoms with Crippen molar-refractivity contribution in [2.24, 2.45) is 11.6 Å². The van der Waals surface area contributed by atoms with Crippen LogP contribution < -0.4 is 22.5 Å². The maximum Gasteiger partial charge on any atom is 0.0571 e. The van der Waals surface area contributed by atoms with E-state index in [4.69, 9.17) is 17.0 Å². The normalized spacial score (nSPS) is 12.8. The number of hydrogen-bond acceptors (Lipinski definition) is 5. The standard InChI is InChI=1S/C7H19N5/c8-5-3-1-2-4-7(6-9)11-12-10/h6-7,9,11-12H,1-5,8,10H2. The smallest absolute Gasteiger partial charge is 0.0571 e. The van der Waals surface area contributed by atoms with E-state index < -0.39 is 0 Å². The zero-order valence-electron chi connectivity index (χ0n) is 7.34. The van der Waals surface area contributed by atoms with Gasteiger partial charge in [0, 0.05) is 6.21 Å². The minimum absolute atomic E-state index is 0.0350. The molecule has 7 N–H and O–H groups in total. The molecule has 5 heteroatoms. The maximum absolute atomic E-state index is 7.04. The summed E-state index contributed by atoms with van der Waals surface area (Å²) in [5.74, 6) is 5.05. The maximum atomic E-state index is 7.04. The molecule has 1 atom stereocenters. The second kappa shape index (κ2) is 8.61. The van der Waals surface area contributed by atoms with Gasteiger partial charge < -0.3 is 11.1 Å². The monoisotopic (exact) mass is 173 g/mol. The molecule has 0 heterocycles. The molecule has 0 spiro atoms. The summed E-state index contributed by atoms with van der Waals surface area (Å²) < 4.78 is 0. The summed E-state index contributed by atoms with van der Waals surface area (Å²) in [5.41, 5.74) is 10.4. The lowest BCUT2D eigenvalue weighted by Gasteiger charge is -2.11. The van der Waals surface area contributed by atoms with Crippen molar-refractivity contribution < 1.29 is 0 Å². The Labute approximate surface area is 73.3 Å². The first-order valence-electron chi connectivity index (χ1n) is 4.27. The van der Waals surface area contributed by atoms with Crippen LogP contribution in [0.3, 0.4) is 0 Å². The van der Waals surface area contributed by atoms with Gasteiger partial charge in [-0.25, -0.2) is 5.43 Å². The molecule has 0 radical (unpaired) electrons. The minimum Gasteiger partial charge on any atom is -0.330 e. The van der Waals surface area contributed by atoms with E-state index in [1.54, 1.807) is 0 Å². The fourth-order valence-corrected chi connectivity index (χ4v) is 0.990. The lowest BCUT2D eigenvalue weighted by Crippen LogP contribution is -2.45. The predicted molar refractivity (Wildman–Crippen MR) is 50.6 cm³/mol. The molecule has 0 saturated heterocycles. The van der Waals surface area contributed by atoms with E-state index >= 15 is 0 Å². The fourth-order valence-electron chi connectivity index (χ4n) is 0.990. The largest absolute Gasteiger partial charge is 0.330 e. The highest BCUT2D eigenvalue weighted by molar-refractivity contribution is 5.60. The van der Waals surface area contributed by atoms with Crippen molar-refractivity contribution in [3.63, 3.8) is 0 Å². The minimum atomic E-state index is 0.0350. The Bertz CT molecular complexity index is 106. The average Bonchev–Trinajstić information content (AvgIpc) is 2.10. The van der Waals surface area contributed by atoms with E-state index in [1.807, 2.05) is 0 Å². The van der Waals surface area contributed by atoms with Crippen LogP contribution in [-0.2, 0) is 0 Å². The first-order chi connectivity index (χ1) is 5.85. The van der Waals surface area contributed by atoms with Crippen molar-refractivity contribution in [1.82, 2.24) is 11.0 Å². The molecule has 0 bridgehead atoms. The Hall–Kier alpha value is -0.490. The van der Waals surface area contributed by atoms with Crippen molar-refractivity contribution in [1.29, 1.82) is 5.41 Å². The first kappa shape index (κ1) is 11.5. The van der Waals surface area contributed by atoms with E-state index in [1.165, 1.54) is 6.21 Å². The van der Waals surface area contributed by atoms with Crippen LogP contribution in [0, 0.1) is 5.41 Å². The molecule has 0 fully saturated rings. The number of nitrogens with two attached hydrogens (primary N) is 2. The van der Waals surface area contributed by atoms with Crippen molar-refractivity contribution in [3.8, 4) is 0 Å². The van der Waals surface area contributed by atoms with Gasteiger partial charge in [-0.05, 0) is 19.4 Å². The molecule has 0 aromatic heterocycles. The Kier molecular flexibility index (Phi) is 8.25. The van der Waals surface area contributed by atoms with Crippen LogP contribution in [0.25, 0.3) is 0 Å². The molecule has 0 amide bonds. The Morgan fingerprint density at radius 2 is 2.08 bits per heavy atom. The number of unbranched alkanes of at least 4 members (excludes halogenated alkanes) is 2. The second-order valence-electron chi connectivity index (χ2n) is 2.70. The molecule has 0 rings (SSSR count). The van der Waals surface area contributed by atoms with Crippen LogP contribution in [0.15, 0.2) is 0 Å². The van der Waals surface area contributed by atoms with Gasteiger partial charge in [-0.1, -0.05) is 12.8 Å². The van der Waals surface area contributed by atoms with Gasteiger partial charge in [0.1, 0.15) is 0 Å². The van der Waals surface area contributed by atoms with Crippen LogP contribution in [0.2, 0.25) is 0 Å². The van der Waals surface area contributed by atoms with Gasteiger partial charge in [0.15, 0.2) is 0 Å². The number of hydrogen-bond donors (Lipinski definition) is 5. The van der Waals surface area contributed by atoms with Gasteiger partial charge in [0.25, 0.3) is 0 Å². The molecule has 0 aliphatic rings. The lowest BCUT2D eigenvalue weighted by molar-refractivity contribution is 0.475. The first-order valence-corrected chi connectivity index (χ1v) is 4.27. The average molecular weight is 173 g/mol. The Morgan fingerprint density at radius 1 is 1.33 bits per heavy atom. The number of nitrogens with one attached hydrogen (secondary N) is 3. The van der Waals surface area contributed by atoms with E-state index in [9.17, 15) is 0 Å². The summed E-state index contributed by atoms with van der Waals surface area (Å²) in [7, 11) is 0. The van der Waals surface area contributed by atoms with Crippen LogP contribution in [0.1, 0.15) is 25.7 Å². The number of rotatable bonds is 8. The lowest BCUT2D eigenvalue weighted by atomic mass is 10.1. The molecule has 0 saturated carbocycles. The Balaban J connectivity index is 3.25. The molecule has 0 aliphatic carbocycles. The van der Waals surface area contributed by atoms with Crippen LogP contribution in [0.5, 0.6) is 0 Å². The third-order valence-corrected chi connectivity index (χ3v) is 1.69. The SMILES string of the molecule is N=CC(CCCCCN)NNN. The molecular weight excluding hydrogens is 154 g/mol. The van der Waals surface area contributed by atoms with E-state index in [2.05, 4.69) is 11.0 Å². The third kappa shape index (κ3) is 6.23. The Morgan fingerprint density at radius 3 is 2.58 bits per heavy atom. The molecule has 12 heavy (non-hydrogen) atoms. The van der Waals surface area contributed by atoms with E-state index in [-0.39, 0.29) is 6.04 Å². The quantitative estimate of drug-likeness (QED) is 0.148. The summed E-state index contributed by atoms with van der Waals surface area (Å²) in [6.07, 6.45) is 5.52. The molecule has 72 valence electrons. The zero-order chi connectivity index (χ0) is 9.23. The van der Waals surface area contributed by atoms with Crippen molar-refractivity contribution >= 4 is 6.21 Å². The van der Waals surface area contributed by atoms with E-state index in [0.29, 0.717) is 0 Å². The molecule has 5 nitrogen and oxygen atoms in total. The van der Waals surface area contributed by atoms with E-state index in [0.717, 1.165) is 32.2 Å². The van der Waals surface area contributed by atoms with Crippen LogP contribution in [0.4, 0.5) is 0 Å². The molecular formula is C7H19N5. The summed E-state index contributed by atoms with van der Waals surface area (Å²) in [6.45, 7) is 0.748. The highest BCUT2D eigenvalue weighted by Gasteiger charge is 2.01. The topological polar surface area (TPSA) is 100.0 Å². The van der Waals surface area contributed by atoms with Crippen LogP contribution >= 0.6 is 0 Å². The summed E-state index contributed by atoms with van der Waals surface area (Å²) >= 11 is 0. The highest BCUT2D eigenvalue weighted by Crippen LogP contribution is 2.00. The molecule has 1 unspecified atom stereocenters. The fraction of sp³-hybridized carbons (Fsp3) is 0.857. The van der Waals surface area contributed by atoms with Gasteiger partial charge in [-0.2, -0.15) is 5.53 Å². The molecule has 0 aliphatic heterocycles. The van der Waals surface area contributed by atoms with Gasteiger partial charge in [-0.3, -0.25) is 5.84 Å². The zero-order valence-corrected chi connectivity index (χ0v) is 7.34. The molecule has 0 aromatic rings. The summed E-state index contributed by atoms with van der Waals surface area (Å²) in [4.78, 5) is 0. The van der Waals surface area contributed by atoms with Gasteiger partial charge in [0.2, 0.25) is 0 Å². The van der Waals surface area contributed by atoms with Crippen molar-refractivity contribution in [2.75, 3.05) is 6.54 Å². The highest BCUT2D eigenvalue weighted by atomic mass is 15.5. The summed E-state index contributed by atoms with van der Waals surface area (Å²) in [5, 5.41) is 7.04. The molecule has 0 aromatic carbocycles. The third-order valence-electron chi connectivity index (χ3n) is 1.69. The van der Waals surface area contributed by atoms with Crippen LogP contribution in [-0.4, -0.2) is 18.8 Å². The number of hydrazine groups is 2. The van der Waals surface area contributed by atoms with Crippen molar-refractivity contribution in [3.05, 3.63) is 0 Å².